The van der Waals surface area contributed by atoms with Crippen molar-refractivity contribution in [3.05, 3.63) is 42.1 Å². The molecule has 1 aliphatic heterocycles. The van der Waals surface area contributed by atoms with Gasteiger partial charge in [-0.2, -0.15) is 0 Å². The van der Waals surface area contributed by atoms with E-state index in [0.29, 0.717) is 6.42 Å². The lowest BCUT2D eigenvalue weighted by Crippen LogP contribution is -2.49. The quantitative estimate of drug-likeness (QED) is 0.870. The Bertz CT molecular complexity index is 703. The molecule has 1 saturated carbocycles. The van der Waals surface area contributed by atoms with Crippen molar-refractivity contribution in [2.75, 3.05) is 26.2 Å². The highest BCUT2D eigenvalue weighted by molar-refractivity contribution is 5.79. The Hall–Kier alpha value is -1.94. The molecule has 0 N–H and O–H groups in total. The molecule has 0 spiro atoms. The first kappa shape index (κ1) is 14.6. The molecule has 2 fully saturated rings. The average molecular weight is 309 g/mol. The minimum Gasteiger partial charge on any atom is -0.340 e. The molecule has 1 aliphatic carbocycles. The van der Waals surface area contributed by atoms with E-state index in [1.54, 1.807) is 0 Å². The Labute approximate surface area is 137 Å². The Kier molecular flexibility index (Phi) is 4.00. The number of piperazine rings is 1. The van der Waals surface area contributed by atoms with E-state index in [1.165, 1.54) is 12.8 Å². The molecular formula is C19H23N3O. The van der Waals surface area contributed by atoms with Crippen molar-refractivity contribution in [3.8, 4) is 0 Å². The van der Waals surface area contributed by atoms with Crippen LogP contribution in [0.4, 0.5) is 0 Å². The van der Waals surface area contributed by atoms with Gasteiger partial charge in [0, 0.05) is 49.7 Å². The van der Waals surface area contributed by atoms with Gasteiger partial charge in [0.1, 0.15) is 0 Å². The maximum atomic E-state index is 12.4. The first-order chi connectivity index (χ1) is 11.3. The average Bonchev–Trinajstić information content (AvgIpc) is 3.45. The fraction of sp³-hybridized carbons (Fsp3) is 0.474. The van der Waals surface area contributed by atoms with Gasteiger partial charge in [-0.15, -0.1) is 0 Å². The Morgan fingerprint density at radius 2 is 1.83 bits per heavy atom. The summed E-state index contributed by atoms with van der Waals surface area (Å²) in [6.07, 6.45) is 3.99. The number of hydrogen-bond donors (Lipinski definition) is 0. The first-order valence-corrected chi connectivity index (χ1v) is 8.66. The summed E-state index contributed by atoms with van der Waals surface area (Å²) in [6, 6.07) is 13.1. The van der Waals surface area contributed by atoms with Gasteiger partial charge in [-0.25, -0.2) is 0 Å². The number of para-hydroxylation sites is 1. The van der Waals surface area contributed by atoms with Gasteiger partial charge < -0.3 is 4.90 Å². The summed E-state index contributed by atoms with van der Waals surface area (Å²) in [5.41, 5.74) is 2.02. The number of rotatable bonds is 4. The lowest BCUT2D eigenvalue weighted by molar-refractivity contribution is -0.133. The van der Waals surface area contributed by atoms with E-state index in [4.69, 9.17) is 0 Å². The van der Waals surface area contributed by atoms with Gasteiger partial charge in [0.15, 0.2) is 0 Å². The normalized spacial score (nSPS) is 19.2. The lowest BCUT2D eigenvalue weighted by Gasteiger charge is -2.34. The van der Waals surface area contributed by atoms with E-state index < -0.39 is 0 Å². The summed E-state index contributed by atoms with van der Waals surface area (Å²) in [4.78, 5) is 21.6. The Morgan fingerprint density at radius 3 is 2.61 bits per heavy atom. The minimum absolute atomic E-state index is 0.274. The number of aromatic nitrogens is 1. The molecule has 120 valence electrons. The smallest absolute Gasteiger partial charge is 0.223 e. The molecule has 1 amide bonds. The molecule has 4 heteroatoms. The molecule has 2 aromatic rings. The summed E-state index contributed by atoms with van der Waals surface area (Å²) < 4.78 is 0. The standard InChI is InChI=1S/C19H23N3O/c23-19(22-13-11-21(12-14-22)17-8-9-17)10-7-16-6-5-15-3-1-2-4-18(15)20-16/h1-6,17H,7-14H2. The molecule has 1 aromatic carbocycles. The highest BCUT2D eigenvalue weighted by Gasteiger charge is 2.32. The highest BCUT2D eigenvalue weighted by atomic mass is 16.2. The summed E-state index contributed by atoms with van der Waals surface area (Å²) in [7, 11) is 0. The minimum atomic E-state index is 0.274. The zero-order valence-electron chi connectivity index (χ0n) is 13.4. The second kappa shape index (κ2) is 6.28. The van der Waals surface area contributed by atoms with E-state index in [0.717, 1.165) is 55.2 Å². The van der Waals surface area contributed by atoms with Crippen LogP contribution in [-0.2, 0) is 11.2 Å². The summed E-state index contributed by atoms with van der Waals surface area (Å²) in [5.74, 6) is 0.274. The number of amides is 1. The monoisotopic (exact) mass is 309 g/mol. The van der Waals surface area contributed by atoms with Gasteiger partial charge in [-0.1, -0.05) is 24.3 Å². The van der Waals surface area contributed by atoms with Crippen molar-refractivity contribution < 1.29 is 4.79 Å². The van der Waals surface area contributed by atoms with Crippen molar-refractivity contribution in [2.24, 2.45) is 0 Å². The molecule has 0 radical (unpaired) electrons. The van der Waals surface area contributed by atoms with Gasteiger partial charge in [-0.05, 0) is 31.4 Å². The van der Waals surface area contributed by atoms with Gasteiger partial charge in [-0.3, -0.25) is 14.7 Å². The van der Waals surface area contributed by atoms with Crippen LogP contribution >= 0.6 is 0 Å². The third-order valence-corrected chi connectivity index (χ3v) is 4.98. The molecule has 4 nitrogen and oxygen atoms in total. The largest absolute Gasteiger partial charge is 0.340 e. The van der Waals surface area contributed by atoms with Crippen LogP contribution in [0.25, 0.3) is 10.9 Å². The number of aryl methyl sites for hydroxylation is 1. The predicted octanol–water partition coefficient (Wildman–Crippen LogP) is 2.47. The van der Waals surface area contributed by atoms with Crippen LogP contribution in [0.1, 0.15) is 25.0 Å². The Morgan fingerprint density at radius 1 is 1.04 bits per heavy atom. The van der Waals surface area contributed by atoms with Crippen molar-refractivity contribution >= 4 is 16.8 Å². The second-order valence-electron chi connectivity index (χ2n) is 6.64. The number of hydrogen-bond acceptors (Lipinski definition) is 3. The van der Waals surface area contributed by atoms with E-state index in [1.807, 2.05) is 29.2 Å². The van der Waals surface area contributed by atoms with Gasteiger partial charge in [0.05, 0.1) is 5.52 Å². The molecule has 1 aromatic heterocycles. The number of nitrogens with zero attached hydrogens (tertiary/aromatic N) is 3. The van der Waals surface area contributed by atoms with Crippen LogP contribution in [0.3, 0.4) is 0 Å². The van der Waals surface area contributed by atoms with Crippen LogP contribution < -0.4 is 0 Å². The van der Waals surface area contributed by atoms with Crippen molar-refractivity contribution in [1.29, 1.82) is 0 Å². The van der Waals surface area contributed by atoms with Crippen LogP contribution in [0.2, 0.25) is 0 Å². The molecular weight excluding hydrogens is 286 g/mol. The molecule has 0 atom stereocenters. The van der Waals surface area contributed by atoms with Crippen LogP contribution in [-0.4, -0.2) is 52.9 Å². The third-order valence-electron chi connectivity index (χ3n) is 4.98. The first-order valence-electron chi connectivity index (χ1n) is 8.66. The van der Waals surface area contributed by atoms with Crippen molar-refractivity contribution in [2.45, 2.75) is 31.7 Å². The molecule has 2 aliphatic rings. The fourth-order valence-corrected chi connectivity index (χ4v) is 3.42. The number of pyridine rings is 1. The molecule has 0 bridgehead atoms. The molecule has 0 unspecified atom stereocenters. The predicted molar refractivity (Wildman–Crippen MR) is 91.2 cm³/mol. The van der Waals surface area contributed by atoms with E-state index in [-0.39, 0.29) is 5.91 Å². The van der Waals surface area contributed by atoms with Crippen LogP contribution in [0, 0.1) is 0 Å². The van der Waals surface area contributed by atoms with Crippen molar-refractivity contribution in [3.63, 3.8) is 0 Å². The molecule has 2 heterocycles. The topological polar surface area (TPSA) is 36.4 Å². The fourth-order valence-electron chi connectivity index (χ4n) is 3.42. The van der Waals surface area contributed by atoms with E-state index >= 15 is 0 Å². The van der Waals surface area contributed by atoms with Crippen LogP contribution in [0.15, 0.2) is 36.4 Å². The third kappa shape index (κ3) is 3.37. The summed E-state index contributed by atoms with van der Waals surface area (Å²) >= 11 is 0. The number of benzene rings is 1. The van der Waals surface area contributed by atoms with E-state index in [9.17, 15) is 4.79 Å². The highest BCUT2D eigenvalue weighted by Crippen LogP contribution is 2.27. The molecule has 1 saturated heterocycles. The van der Waals surface area contributed by atoms with Gasteiger partial charge in [0.25, 0.3) is 0 Å². The Balaban J connectivity index is 1.31. The molecule has 4 rings (SSSR count). The SMILES string of the molecule is O=C(CCc1ccc2ccccc2n1)N1CCN(C2CC2)CC1. The van der Waals surface area contributed by atoms with Gasteiger partial charge in [0.2, 0.25) is 5.91 Å². The van der Waals surface area contributed by atoms with Gasteiger partial charge >= 0.3 is 0 Å². The second-order valence-corrected chi connectivity index (χ2v) is 6.64. The maximum Gasteiger partial charge on any atom is 0.223 e. The zero-order valence-corrected chi connectivity index (χ0v) is 13.4. The number of fused-ring (bicyclic) bond motifs is 1. The summed E-state index contributed by atoms with van der Waals surface area (Å²) in [6.45, 7) is 3.87. The number of carbonyl (C=O) groups is 1. The van der Waals surface area contributed by atoms with E-state index in [2.05, 4.69) is 22.0 Å². The zero-order chi connectivity index (χ0) is 15.6. The number of carbonyl (C=O) groups excluding carboxylic acids is 1. The van der Waals surface area contributed by atoms with Crippen molar-refractivity contribution in [1.82, 2.24) is 14.8 Å². The summed E-state index contributed by atoms with van der Waals surface area (Å²) in [5, 5.41) is 1.15. The van der Waals surface area contributed by atoms with Crippen LogP contribution in [0.5, 0.6) is 0 Å². The lowest BCUT2D eigenvalue weighted by atomic mass is 10.1. The maximum absolute atomic E-state index is 12.4. The molecule has 23 heavy (non-hydrogen) atoms.